The molecule has 7 nitrogen and oxygen atoms in total. The van der Waals surface area contributed by atoms with E-state index in [-0.39, 0.29) is 24.4 Å². The summed E-state index contributed by atoms with van der Waals surface area (Å²) >= 11 is 12.6. The third-order valence-electron chi connectivity index (χ3n) is 7.24. The molecule has 2 N–H and O–H groups in total. The lowest BCUT2D eigenvalue weighted by Crippen LogP contribution is -2.48. The summed E-state index contributed by atoms with van der Waals surface area (Å²) < 4.78 is 0. The van der Waals surface area contributed by atoms with Gasteiger partial charge < -0.3 is 15.5 Å². The molecule has 0 unspecified atom stereocenters. The number of hydrogen-bond acceptors (Lipinski definition) is 3. The van der Waals surface area contributed by atoms with E-state index >= 15 is 0 Å². The molecule has 9 heteroatoms. The first-order valence-corrected chi connectivity index (χ1v) is 13.5. The van der Waals surface area contributed by atoms with Crippen LogP contribution in [0.3, 0.4) is 0 Å². The summed E-state index contributed by atoms with van der Waals surface area (Å²) in [5.74, 6) is -0.623. The zero-order valence-electron chi connectivity index (χ0n) is 21.5. The van der Waals surface area contributed by atoms with Gasteiger partial charge in [0, 0.05) is 16.6 Å². The highest BCUT2D eigenvalue weighted by molar-refractivity contribution is 6.35. The van der Waals surface area contributed by atoms with E-state index in [9.17, 15) is 14.4 Å². The number of nitrogens with zero attached hydrogens (tertiary/aromatic N) is 2. The molecule has 2 aliphatic rings. The molecule has 0 spiro atoms. The van der Waals surface area contributed by atoms with Gasteiger partial charge in [0.25, 0.3) is 5.91 Å². The van der Waals surface area contributed by atoms with E-state index in [0.717, 1.165) is 11.1 Å². The van der Waals surface area contributed by atoms with Crippen LogP contribution in [-0.2, 0) is 9.59 Å². The Balaban J connectivity index is 1.44. The van der Waals surface area contributed by atoms with Crippen molar-refractivity contribution in [2.24, 2.45) is 0 Å². The van der Waals surface area contributed by atoms with Gasteiger partial charge in [-0.25, -0.2) is 4.79 Å². The highest BCUT2D eigenvalue weighted by atomic mass is 35.5. The molecular weight excluding hydrogens is 535 g/mol. The van der Waals surface area contributed by atoms with Gasteiger partial charge in [0.2, 0.25) is 5.91 Å². The van der Waals surface area contributed by atoms with Crippen LogP contribution in [0.4, 0.5) is 4.79 Å². The average molecular weight is 563 g/mol. The number of likely N-dealkylation sites (N-methyl/N-ethyl adjacent to an activating group) is 1. The smallest absolute Gasteiger partial charge is 0.322 e. The second kappa shape index (κ2) is 11.1. The third kappa shape index (κ3) is 5.12. The number of rotatable bonds is 7. The van der Waals surface area contributed by atoms with Crippen LogP contribution in [-0.4, -0.2) is 46.8 Å². The van der Waals surface area contributed by atoms with Crippen molar-refractivity contribution >= 4 is 41.0 Å². The number of halogens is 2. The van der Waals surface area contributed by atoms with Gasteiger partial charge in [0.1, 0.15) is 6.04 Å². The highest BCUT2D eigenvalue weighted by Gasteiger charge is 2.46. The summed E-state index contributed by atoms with van der Waals surface area (Å²) in [7, 11) is 0. The maximum atomic E-state index is 13.9. The summed E-state index contributed by atoms with van der Waals surface area (Å²) in [6.07, 6.45) is 0. The monoisotopic (exact) mass is 562 g/mol. The standard InChI is InChI=1S/C30H28Cl2N4O3/c1-3-35-24-17-36(29(38)25(24)27(34-30(35)39)22-15-14-21(31)16-23(22)32)18(2)28(37)33-26(19-10-6-4-7-11-19)20-12-8-5-9-13-20/h4-16,18,26-27H,3,17H2,1-2H3,(H,33,37)(H,34,39)/t18-,27+/m1/s1. The first-order chi connectivity index (χ1) is 18.8. The van der Waals surface area contributed by atoms with E-state index in [4.69, 9.17) is 23.2 Å². The SMILES string of the molecule is CCN1C(=O)N[C@@H](c2ccc(Cl)cc2Cl)C2=C1CN([C@H](C)C(=O)NC(c1ccccc1)c1ccccc1)C2=O. The lowest BCUT2D eigenvalue weighted by atomic mass is 9.95. The predicted molar refractivity (Wildman–Crippen MR) is 151 cm³/mol. The molecule has 0 aromatic heterocycles. The Labute approximate surface area is 237 Å². The summed E-state index contributed by atoms with van der Waals surface area (Å²) in [4.78, 5) is 43.6. The Morgan fingerprint density at radius 1 is 1.00 bits per heavy atom. The molecule has 39 heavy (non-hydrogen) atoms. The second-order valence-electron chi connectivity index (χ2n) is 9.52. The molecule has 2 heterocycles. The molecule has 0 aliphatic carbocycles. The van der Waals surface area contributed by atoms with E-state index in [0.29, 0.717) is 33.4 Å². The van der Waals surface area contributed by atoms with Crippen molar-refractivity contribution in [2.45, 2.75) is 32.0 Å². The third-order valence-corrected chi connectivity index (χ3v) is 7.80. The van der Waals surface area contributed by atoms with Crippen LogP contribution >= 0.6 is 23.2 Å². The van der Waals surface area contributed by atoms with E-state index in [2.05, 4.69) is 10.6 Å². The fraction of sp³-hybridized carbons (Fsp3) is 0.233. The number of carbonyl (C=O) groups excluding carboxylic acids is 3. The quantitative estimate of drug-likeness (QED) is 0.400. The van der Waals surface area contributed by atoms with Gasteiger partial charge in [0.05, 0.1) is 29.9 Å². The lowest BCUT2D eigenvalue weighted by molar-refractivity contribution is -0.136. The van der Waals surface area contributed by atoms with Gasteiger partial charge in [0.15, 0.2) is 0 Å². The first kappa shape index (κ1) is 26.8. The Morgan fingerprint density at radius 2 is 1.62 bits per heavy atom. The summed E-state index contributed by atoms with van der Waals surface area (Å²) in [6, 6.07) is 22.1. The van der Waals surface area contributed by atoms with Crippen LogP contribution in [0, 0.1) is 0 Å². The maximum Gasteiger partial charge on any atom is 0.322 e. The van der Waals surface area contributed by atoms with Crippen LogP contribution in [0.2, 0.25) is 10.0 Å². The van der Waals surface area contributed by atoms with Crippen molar-refractivity contribution in [1.82, 2.24) is 20.4 Å². The Hall–Kier alpha value is -3.81. The molecule has 0 radical (unpaired) electrons. The Bertz CT molecular complexity index is 1410. The molecule has 0 bridgehead atoms. The minimum absolute atomic E-state index is 0.132. The number of carbonyl (C=O) groups is 3. The predicted octanol–water partition coefficient (Wildman–Crippen LogP) is 5.47. The van der Waals surface area contributed by atoms with Crippen molar-refractivity contribution in [2.75, 3.05) is 13.1 Å². The van der Waals surface area contributed by atoms with Gasteiger partial charge in [-0.2, -0.15) is 0 Å². The molecule has 0 saturated carbocycles. The summed E-state index contributed by atoms with van der Waals surface area (Å²) in [6.45, 7) is 4.05. The Kier molecular flexibility index (Phi) is 7.64. The zero-order valence-corrected chi connectivity index (χ0v) is 23.0. The van der Waals surface area contributed by atoms with Crippen molar-refractivity contribution in [3.8, 4) is 0 Å². The van der Waals surface area contributed by atoms with Gasteiger partial charge >= 0.3 is 6.03 Å². The highest BCUT2D eigenvalue weighted by Crippen LogP contribution is 2.39. The maximum absolute atomic E-state index is 13.9. The number of nitrogens with one attached hydrogen (secondary N) is 2. The summed E-state index contributed by atoms with van der Waals surface area (Å²) in [5, 5.41) is 6.84. The minimum Gasteiger partial charge on any atom is -0.343 e. The molecule has 3 aromatic rings. The normalized spacial score (nSPS) is 17.8. The zero-order chi connectivity index (χ0) is 27.7. The molecule has 2 aliphatic heterocycles. The van der Waals surface area contributed by atoms with Crippen LogP contribution in [0.15, 0.2) is 90.1 Å². The van der Waals surface area contributed by atoms with E-state index in [1.165, 1.54) is 9.80 Å². The van der Waals surface area contributed by atoms with Crippen molar-refractivity contribution < 1.29 is 14.4 Å². The molecule has 4 amide bonds. The van der Waals surface area contributed by atoms with E-state index in [1.807, 2.05) is 67.6 Å². The van der Waals surface area contributed by atoms with E-state index in [1.54, 1.807) is 25.1 Å². The fourth-order valence-electron chi connectivity index (χ4n) is 5.18. The molecule has 5 rings (SSSR count). The minimum atomic E-state index is -0.798. The molecule has 0 saturated heterocycles. The van der Waals surface area contributed by atoms with Gasteiger partial charge in [-0.1, -0.05) is 89.9 Å². The van der Waals surface area contributed by atoms with Crippen molar-refractivity contribution in [1.29, 1.82) is 0 Å². The van der Waals surface area contributed by atoms with Crippen molar-refractivity contribution in [3.05, 3.63) is 117 Å². The number of urea groups is 1. The van der Waals surface area contributed by atoms with Crippen LogP contribution < -0.4 is 10.6 Å². The first-order valence-electron chi connectivity index (χ1n) is 12.8. The number of hydrogen-bond donors (Lipinski definition) is 2. The topological polar surface area (TPSA) is 81.8 Å². The average Bonchev–Trinajstić information content (AvgIpc) is 3.28. The van der Waals surface area contributed by atoms with Gasteiger partial charge in [-0.05, 0) is 42.7 Å². The van der Waals surface area contributed by atoms with Gasteiger partial charge in [-0.3, -0.25) is 14.5 Å². The molecule has 0 fully saturated rings. The van der Waals surface area contributed by atoms with E-state index < -0.39 is 18.1 Å². The van der Waals surface area contributed by atoms with Crippen LogP contribution in [0.5, 0.6) is 0 Å². The molecule has 200 valence electrons. The van der Waals surface area contributed by atoms with Crippen LogP contribution in [0.25, 0.3) is 0 Å². The second-order valence-corrected chi connectivity index (χ2v) is 10.4. The molecular formula is C30H28Cl2N4O3. The molecule has 3 aromatic carbocycles. The number of benzene rings is 3. The molecule has 2 atom stereocenters. The lowest BCUT2D eigenvalue weighted by Gasteiger charge is -2.33. The Morgan fingerprint density at radius 3 is 2.18 bits per heavy atom. The van der Waals surface area contributed by atoms with Crippen LogP contribution in [0.1, 0.15) is 42.6 Å². The largest absolute Gasteiger partial charge is 0.343 e. The number of amides is 4. The summed E-state index contributed by atoms with van der Waals surface area (Å²) in [5.41, 5.74) is 3.41. The van der Waals surface area contributed by atoms with Crippen molar-refractivity contribution in [3.63, 3.8) is 0 Å². The van der Waals surface area contributed by atoms with Gasteiger partial charge in [-0.15, -0.1) is 0 Å². The fourth-order valence-corrected chi connectivity index (χ4v) is 5.70.